The molecule has 10 heavy (non-hydrogen) atoms. The molecule has 0 aromatic carbocycles. The van der Waals surface area contributed by atoms with E-state index in [1.165, 1.54) is 0 Å². The molecule has 0 radical (unpaired) electrons. The molecule has 1 heterocycles. The van der Waals surface area contributed by atoms with Crippen molar-refractivity contribution in [2.24, 2.45) is 5.92 Å². The van der Waals surface area contributed by atoms with E-state index in [0.29, 0.717) is 11.8 Å². The van der Waals surface area contributed by atoms with Crippen LogP contribution in [0.2, 0.25) is 0 Å². The van der Waals surface area contributed by atoms with Crippen molar-refractivity contribution in [3.8, 4) is 0 Å². The molecule has 1 aliphatic heterocycles. The zero-order chi connectivity index (χ0) is 7.78. The number of hydrogen-bond acceptors (Lipinski definition) is 1. The van der Waals surface area contributed by atoms with Crippen LogP contribution < -0.4 is 0 Å². The smallest absolute Gasteiger partial charge is 0.210 e. The number of rotatable bonds is 1. The van der Waals surface area contributed by atoms with Crippen LogP contribution in [-0.2, 0) is 0 Å². The molecule has 1 rings (SSSR count). The second kappa shape index (κ2) is 2.60. The first kappa shape index (κ1) is 8.17. The van der Waals surface area contributed by atoms with Gasteiger partial charge in [0.1, 0.15) is 0 Å². The summed E-state index contributed by atoms with van der Waals surface area (Å²) in [5.74, 6) is -1.23. The Hall–Kier alpha value is 0.0700. The van der Waals surface area contributed by atoms with Crippen LogP contribution in [0.3, 0.4) is 0 Å². The van der Waals surface area contributed by atoms with Crippen LogP contribution in [0.4, 0.5) is 17.6 Å². The van der Waals surface area contributed by atoms with Crippen molar-refractivity contribution in [1.29, 1.82) is 0 Å². The summed E-state index contributed by atoms with van der Waals surface area (Å²) in [6.45, 7) is 0. The fourth-order valence-electron chi connectivity index (χ4n) is 0.814. The van der Waals surface area contributed by atoms with Gasteiger partial charge in [-0.1, -0.05) is 11.8 Å². The highest BCUT2D eigenvalue weighted by Gasteiger charge is 2.43. The molecule has 1 unspecified atom stereocenters. The van der Waals surface area contributed by atoms with Gasteiger partial charge >= 0.3 is 0 Å². The summed E-state index contributed by atoms with van der Waals surface area (Å²) in [7, 11) is 0. The number of alkyl halides is 4. The van der Waals surface area contributed by atoms with Gasteiger partial charge in [-0.3, -0.25) is 0 Å². The largest absolute Gasteiger partial charge is 0.294 e. The molecular weight excluding hydrogens is 168 g/mol. The molecular formula is C5H6F4S. The standard InChI is InChI=1S/C5H6F4S/c6-4(7)3-1-5(8,9)10-2-3/h3-4H,1-2H2. The lowest BCUT2D eigenvalue weighted by Gasteiger charge is -2.06. The Morgan fingerprint density at radius 2 is 2.00 bits per heavy atom. The van der Waals surface area contributed by atoms with Crippen LogP contribution >= 0.6 is 11.8 Å². The molecule has 0 saturated carbocycles. The first-order valence-corrected chi connectivity index (χ1v) is 3.80. The summed E-state index contributed by atoms with van der Waals surface area (Å²) in [6, 6.07) is 0. The summed E-state index contributed by atoms with van der Waals surface area (Å²) < 4.78 is 47.8. The van der Waals surface area contributed by atoms with Crippen molar-refractivity contribution in [2.45, 2.75) is 18.1 Å². The van der Waals surface area contributed by atoms with Gasteiger partial charge < -0.3 is 0 Å². The highest BCUT2D eigenvalue weighted by atomic mass is 32.2. The van der Waals surface area contributed by atoms with Gasteiger partial charge in [0.05, 0.1) is 0 Å². The van der Waals surface area contributed by atoms with Crippen molar-refractivity contribution in [1.82, 2.24) is 0 Å². The molecule has 0 bridgehead atoms. The first-order valence-electron chi connectivity index (χ1n) is 2.81. The third-order valence-corrected chi connectivity index (χ3v) is 2.55. The second-order valence-electron chi connectivity index (χ2n) is 2.25. The van der Waals surface area contributed by atoms with Gasteiger partial charge in [-0.15, -0.1) is 0 Å². The van der Waals surface area contributed by atoms with Crippen molar-refractivity contribution >= 4 is 11.8 Å². The van der Waals surface area contributed by atoms with Gasteiger partial charge in [0.2, 0.25) is 6.43 Å². The Morgan fingerprint density at radius 3 is 2.20 bits per heavy atom. The monoisotopic (exact) mass is 174 g/mol. The molecule has 0 nitrogen and oxygen atoms in total. The van der Waals surface area contributed by atoms with E-state index in [4.69, 9.17) is 0 Å². The minimum absolute atomic E-state index is 0.120. The lowest BCUT2D eigenvalue weighted by atomic mass is 10.1. The van der Waals surface area contributed by atoms with E-state index in [1.54, 1.807) is 0 Å². The SMILES string of the molecule is FC(F)C1CSC(F)(F)C1. The van der Waals surface area contributed by atoms with E-state index < -0.39 is 24.0 Å². The van der Waals surface area contributed by atoms with Gasteiger partial charge in [0.25, 0.3) is 5.25 Å². The molecule has 0 aliphatic carbocycles. The van der Waals surface area contributed by atoms with Crippen LogP contribution in [0, 0.1) is 5.92 Å². The molecule has 60 valence electrons. The van der Waals surface area contributed by atoms with Gasteiger partial charge in [-0.2, -0.15) is 8.78 Å². The maximum atomic E-state index is 12.2. The minimum atomic E-state index is -2.92. The molecule has 1 saturated heterocycles. The Balaban J connectivity index is 2.43. The highest BCUT2D eigenvalue weighted by Crippen LogP contribution is 2.45. The highest BCUT2D eigenvalue weighted by molar-refractivity contribution is 8.00. The Bertz CT molecular complexity index is 125. The van der Waals surface area contributed by atoms with Crippen molar-refractivity contribution < 1.29 is 17.6 Å². The molecule has 1 aliphatic rings. The summed E-state index contributed by atoms with van der Waals surface area (Å²) in [5.41, 5.74) is 0. The molecule has 0 aromatic heterocycles. The number of thioether (sulfide) groups is 1. The number of halogens is 4. The van der Waals surface area contributed by atoms with Crippen LogP contribution in [0.25, 0.3) is 0 Å². The van der Waals surface area contributed by atoms with Crippen LogP contribution in [-0.4, -0.2) is 17.4 Å². The van der Waals surface area contributed by atoms with Gasteiger partial charge in [-0.25, -0.2) is 8.78 Å². The molecule has 0 aromatic rings. The molecule has 1 atom stereocenters. The van der Waals surface area contributed by atoms with Crippen LogP contribution in [0.5, 0.6) is 0 Å². The number of hydrogen-bond donors (Lipinski definition) is 0. The summed E-state index contributed by atoms with van der Waals surface area (Å²) in [5, 5.41) is -2.92. The molecule has 0 spiro atoms. The molecule has 0 N–H and O–H groups in total. The van der Waals surface area contributed by atoms with Gasteiger partial charge in [0, 0.05) is 18.1 Å². The zero-order valence-electron chi connectivity index (χ0n) is 4.99. The molecule has 0 amide bonds. The zero-order valence-corrected chi connectivity index (χ0v) is 5.81. The lowest BCUT2D eigenvalue weighted by Crippen LogP contribution is -2.13. The van der Waals surface area contributed by atoms with Gasteiger partial charge in [-0.05, 0) is 0 Å². The minimum Gasteiger partial charge on any atom is -0.210 e. The summed E-state index contributed by atoms with van der Waals surface area (Å²) >= 11 is 0.323. The fraction of sp³-hybridized carbons (Fsp3) is 1.00. The predicted molar refractivity (Wildman–Crippen MR) is 31.5 cm³/mol. The Morgan fingerprint density at radius 1 is 1.40 bits per heavy atom. The maximum Gasteiger partial charge on any atom is 0.294 e. The van der Waals surface area contributed by atoms with E-state index in [9.17, 15) is 17.6 Å². The molecule has 1 fully saturated rings. The van der Waals surface area contributed by atoms with E-state index in [-0.39, 0.29) is 5.75 Å². The Kier molecular flexibility index (Phi) is 2.12. The van der Waals surface area contributed by atoms with Crippen molar-refractivity contribution in [3.63, 3.8) is 0 Å². The summed E-state index contributed by atoms with van der Waals surface area (Å²) in [4.78, 5) is 0. The van der Waals surface area contributed by atoms with E-state index in [1.807, 2.05) is 0 Å². The third-order valence-electron chi connectivity index (χ3n) is 1.36. The van der Waals surface area contributed by atoms with Crippen molar-refractivity contribution in [3.05, 3.63) is 0 Å². The van der Waals surface area contributed by atoms with Crippen LogP contribution in [0.1, 0.15) is 6.42 Å². The van der Waals surface area contributed by atoms with E-state index in [2.05, 4.69) is 0 Å². The first-order chi connectivity index (χ1) is 4.51. The quantitative estimate of drug-likeness (QED) is 0.550. The average molecular weight is 174 g/mol. The van der Waals surface area contributed by atoms with Crippen molar-refractivity contribution in [2.75, 3.05) is 5.75 Å². The van der Waals surface area contributed by atoms with E-state index >= 15 is 0 Å². The Labute approximate surface area is 60.0 Å². The second-order valence-corrected chi connectivity index (χ2v) is 3.47. The van der Waals surface area contributed by atoms with E-state index in [0.717, 1.165) is 0 Å². The normalized spacial score (nSPS) is 31.5. The predicted octanol–water partition coefficient (Wildman–Crippen LogP) is 2.60. The summed E-state index contributed by atoms with van der Waals surface area (Å²) in [6.07, 6.45) is -3.27. The van der Waals surface area contributed by atoms with Gasteiger partial charge in [0.15, 0.2) is 0 Å². The third kappa shape index (κ3) is 1.78. The molecule has 5 heteroatoms. The lowest BCUT2D eigenvalue weighted by molar-refractivity contribution is 0.0327. The fourth-order valence-corrected chi connectivity index (χ4v) is 1.87. The maximum absolute atomic E-state index is 12.2. The van der Waals surface area contributed by atoms with Crippen LogP contribution in [0.15, 0.2) is 0 Å². The average Bonchev–Trinajstić information content (AvgIpc) is 2.10. The topological polar surface area (TPSA) is 0 Å².